The topological polar surface area (TPSA) is 272 Å². The monoisotopic (exact) mass is 1310 g/mol. The van der Waals surface area contributed by atoms with Gasteiger partial charge in [-0.2, -0.15) is 0 Å². The van der Waals surface area contributed by atoms with E-state index in [1.807, 2.05) is 69.3 Å². The van der Waals surface area contributed by atoms with Crippen LogP contribution in [0.3, 0.4) is 0 Å². The molecule has 0 radical (unpaired) electrons. The van der Waals surface area contributed by atoms with E-state index in [-0.39, 0.29) is 18.0 Å². The number of nitrogens with two attached hydrogens (primary N) is 3. The maximum absolute atomic E-state index is 11.6. The minimum Gasteiger partial charge on any atom is -0.478 e. The number of hydrogen-bond donors (Lipinski definition) is 5. The van der Waals surface area contributed by atoms with Crippen molar-refractivity contribution in [3.63, 3.8) is 0 Å². The summed E-state index contributed by atoms with van der Waals surface area (Å²) in [5.74, 6) is -1.57. The van der Waals surface area contributed by atoms with Crippen LogP contribution in [-0.2, 0) is 57.5 Å². The Hall–Kier alpha value is -8.52. The molecule has 0 aromatic heterocycles. The first-order valence-electron chi connectivity index (χ1n) is 32.6. The zero-order valence-electron chi connectivity index (χ0n) is 55.7. The maximum atomic E-state index is 11.6. The van der Waals surface area contributed by atoms with Gasteiger partial charge >= 0.3 is 18.0 Å². The highest BCUT2D eigenvalue weighted by molar-refractivity contribution is 5.93. The normalized spacial score (nSPS) is 16.4. The lowest BCUT2D eigenvalue weighted by Crippen LogP contribution is -2.36. The number of carbonyl (C=O) groups is 4. The summed E-state index contributed by atoms with van der Waals surface area (Å²) in [6, 6.07) is 46.9. The van der Waals surface area contributed by atoms with Crippen LogP contribution in [0.5, 0.6) is 0 Å². The van der Waals surface area contributed by atoms with Gasteiger partial charge in [0.05, 0.1) is 97.5 Å². The lowest BCUT2D eigenvalue weighted by Gasteiger charge is -2.28. The van der Waals surface area contributed by atoms with E-state index in [4.69, 9.17) is 55.5 Å². The SMILES string of the molecule is CC(C)(C)OC(=O)NCc1ccc(N2CCOCC2)cc1.COC(=O)c1ccc(N2CCOCC2)cc1.NC(=O)c1ccc(N2CCOCC2)cc1.NCc1ccc(N2CCOCC2)cc1.NCc1ccc(N2CCOCC2)cc1.O=C(O)c1ccc(N2CCOCC2)cc1. The number of hydrogen-bond acceptors (Lipinski definition) is 20. The second kappa shape index (κ2) is 40.0. The first-order valence-corrected chi connectivity index (χ1v) is 32.6. The van der Waals surface area contributed by atoms with Crippen molar-refractivity contribution < 1.29 is 62.2 Å². The molecule has 12 rings (SSSR count). The highest BCUT2D eigenvalue weighted by Crippen LogP contribution is 2.22. The third-order valence-electron chi connectivity index (χ3n) is 15.9. The number of amides is 2. The molecule has 514 valence electrons. The predicted molar refractivity (Wildman–Crippen MR) is 373 cm³/mol. The van der Waals surface area contributed by atoms with Gasteiger partial charge in [-0.1, -0.05) is 36.4 Å². The molecule has 8 N–H and O–H groups in total. The van der Waals surface area contributed by atoms with E-state index in [2.05, 4.69) is 100 Å². The van der Waals surface area contributed by atoms with Crippen molar-refractivity contribution in [1.82, 2.24) is 5.32 Å². The molecule has 6 aromatic rings. The molecule has 0 unspecified atom stereocenters. The van der Waals surface area contributed by atoms with Crippen LogP contribution in [0, 0.1) is 0 Å². The number of esters is 1. The van der Waals surface area contributed by atoms with Crippen molar-refractivity contribution in [2.45, 2.75) is 46.0 Å². The molecule has 0 atom stereocenters. The Bertz CT molecular complexity index is 3030. The fourth-order valence-corrected chi connectivity index (χ4v) is 10.5. The number of ether oxygens (including phenoxy) is 8. The molecule has 95 heavy (non-hydrogen) atoms. The number of aromatic carboxylic acids is 1. The van der Waals surface area contributed by atoms with Crippen LogP contribution in [0.25, 0.3) is 0 Å². The van der Waals surface area contributed by atoms with E-state index in [0.717, 1.165) is 180 Å². The van der Waals surface area contributed by atoms with E-state index in [9.17, 15) is 19.2 Å². The predicted octanol–water partition coefficient (Wildman–Crippen LogP) is 7.67. The lowest BCUT2D eigenvalue weighted by atomic mass is 10.2. The van der Waals surface area contributed by atoms with Gasteiger partial charge in [0, 0.05) is 138 Å². The van der Waals surface area contributed by atoms with Crippen LogP contribution in [-0.4, -0.2) is 200 Å². The zero-order chi connectivity index (χ0) is 67.6. The fourth-order valence-electron chi connectivity index (χ4n) is 10.5. The standard InChI is InChI=1S/C16H24N2O3.C12H15NO3.C11H14N2O2.2C11H16N2O.C11H13NO3/c1-16(2,3)21-15(19)17-12-13-4-6-14(7-5-13)18-8-10-20-11-9-18;1-15-12(14)10-2-4-11(5-3-10)13-6-8-16-9-7-13;12-11(14)9-1-3-10(4-2-9)13-5-7-15-8-6-13;2*12-9-10-1-3-11(4-2-10)13-5-7-14-8-6-13;13-11(14)9-1-3-10(4-2-9)12-5-7-15-8-6-12/h4-7H,8-12H2,1-3H3,(H,17,19);2-5H,6-9H2,1H3;1-4H,5-8H2,(H2,12,14);2*1-4H,5-9,12H2;1-4H,5-8H2,(H,13,14). The average Bonchev–Trinajstić information content (AvgIpc) is 1.17. The summed E-state index contributed by atoms with van der Waals surface area (Å²) in [7, 11) is 1.39. The van der Waals surface area contributed by atoms with Crippen molar-refractivity contribution in [2.24, 2.45) is 17.2 Å². The minimum atomic E-state index is -0.886. The molecule has 6 fully saturated rings. The summed E-state index contributed by atoms with van der Waals surface area (Å²) < 4.78 is 41.6. The number of alkyl carbamates (subject to hydrolysis) is 1. The molecule has 23 heteroatoms. The van der Waals surface area contributed by atoms with E-state index in [1.165, 1.54) is 35.3 Å². The van der Waals surface area contributed by atoms with E-state index in [1.54, 1.807) is 36.4 Å². The van der Waals surface area contributed by atoms with Crippen molar-refractivity contribution in [3.05, 3.63) is 179 Å². The van der Waals surface area contributed by atoms with Crippen molar-refractivity contribution >= 4 is 58.1 Å². The first kappa shape index (κ1) is 73.9. The smallest absolute Gasteiger partial charge is 0.407 e. The Morgan fingerprint density at radius 3 is 0.874 bits per heavy atom. The van der Waals surface area contributed by atoms with Gasteiger partial charge in [-0.25, -0.2) is 14.4 Å². The summed E-state index contributed by atoms with van der Waals surface area (Å²) >= 11 is 0. The minimum absolute atomic E-state index is 0.298. The second-order valence-electron chi connectivity index (χ2n) is 23.7. The van der Waals surface area contributed by atoms with Gasteiger partial charge in [-0.05, 0) is 147 Å². The highest BCUT2D eigenvalue weighted by atomic mass is 16.6. The molecule has 2 amide bonds. The van der Waals surface area contributed by atoms with Gasteiger partial charge in [0.1, 0.15) is 5.60 Å². The molecule has 0 bridgehead atoms. The molecule has 0 aliphatic carbocycles. The van der Waals surface area contributed by atoms with Crippen LogP contribution in [0.2, 0.25) is 0 Å². The number of carbonyl (C=O) groups excluding carboxylic acids is 3. The molecule has 6 heterocycles. The maximum Gasteiger partial charge on any atom is 0.407 e. The second-order valence-corrected chi connectivity index (χ2v) is 23.7. The third-order valence-corrected chi connectivity index (χ3v) is 15.9. The Labute approximate surface area is 559 Å². The third kappa shape index (κ3) is 26.0. The number of anilines is 6. The van der Waals surface area contributed by atoms with Crippen molar-refractivity contribution in [3.8, 4) is 0 Å². The largest absolute Gasteiger partial charge is 0.478 e. The number of nitrogens with zero attached hydrogens (tertiary/aromatic N) is 6. The highest BCUT2D eigenvalue weighted by Gasteiger charge is 2.19. The number of rotatable bonds is 13. The zero-order valence-corrected chi connectivity index (χ0v) is 55.7. The van der Waals surface area contributed by atoms with Crippen LogP contribution >= 0.6 is 0 Å². The Kier molecular flexibility index (Phi) is 31.1. The van der Waals surface area contributed by atoms with Gasteiger partial charge < -0.3 is 94.9 Å². The molecule has 23 nitrogen and oxygen atoms in total. The number of carboxylic acids is 1. The Morgan fingerprint density at radius 1 is 0.400 bits per heavy atom. The van der Waals surface area contributed by atoms with Crippen LogP contribution in [0.1, 0.15) is 68.5 Å². The van der Waals surface area contributed by atoms with Crippen LogP contribution in [0.15, 0.2) is 146 Å². The molecule has 6 saturated heterocycles. The van der Waals surface area contributed by atoms with Gasteiger partial charge in [-0.15, -0.1) is 0 Å². The summed E-state index contributed by atoms with van der Waals surface area (Å²) in [6.07, 6.45) is -0.389. The van der Waals surface area contributed by atoms with Gasteiger partial charge in [0.25, 0.3) is 0 Å². The van der Waals surface area contributed by atoms with Gasteiger partial charge in [0.15, 0.2) is 0 Å². The summed E-state index contributed by atoms with van der Waals surface area (Å²) in [5, 5.41) is 11.5. The molecular formula is C72H98N10O13. The molecule has 6 aliphatic heterocycles. The van der Waals surface area contributed by atoms with E-state index in [0.29, 0.717) is 36.3 Å². The molecule has 0 saturated carbocycles. The number of carboxylic acid groups (broad SMARTS) is 1. The average molecular weight is 1310 g/mol. The first-order chi connectivity index (χ1) is 46.1. The number of benzene rings is 6. The van der Waals surface area contributed by atoms with Crippen LogP contribution < -0.4 is 51.9 Å². The summed E-state index contributed by atoms with van der Waals surface area (Å²) in [4.78, 5) is 58.0. The van der Waals surface area contributed by atoms with Crippen LogP contribution in [0.4, 0.5) is 38.9 Å². The number of methoxy groups -OCH3 is 1. The van der Waals surface area contributed by atoms with Gasteiger partial charge in [0.2, 0.25) is 5.91 Å². The molecule has 6 aromatic carbocycles. The van der Waals surface area contributed by atoms with Crippen molar-refractivity contribution in [1.29, 1.82) is 0 Å². The molecule has 0 spiro atoms. The quantitative estimate of drug-likeness (QED) is 0.0694. The Morgan fingerprint density at radius 2 is 0.642 bits per heavy atom. The Balaban J connectivity index is 0.000000162. The number of nitrogens with one attached hydrogen (secondary N) is 1. The molecule has 6 aliphatic rings. The summed E-state index contributed by atoms with van der Waals surface area (Å²) in [6.45, 7) is 27.8. The van der Waals surface area contributed by atoms with Crippen molar-refractivity contribution in [2.75, 3.05) is 194 Å². The van der Waals surface area contributed by atoms with E-state index >= 15 is 0 Å². The lowest BCUT2D eigenvalue weighted by molar-refractivity contribution is 0.0521. The number of primary amides is 1. The molecular weight excluding hydrogens is 1210 g/mol. The summed E-state index contributed by atoms with van der Waals surface area (Å²) in [5.41, 5.74) is 27.7. The van der Waals surface area contributed by atoms with E-state index < -0.39 is 11.6 Å². The number of morpholine rings is 6. The van der Waals surface area contributed by atoms with Gasteiger partial charge in [-0.3, -0.25) is 4.79 Å². The fraction of sp³-hybridized carbons (Fsp3) is 0.444.